The Kier molecular flexibility index (Phi) is 5.63. The summed E-state index contributed by atoms with van der Waals surface area (Å²) in [5, 5.41) is 2.93. The van der Waals surface area contributed by atoms with Gasteiger partial charge in [0.15, 0.2) is 0 Å². The van der Waals surface area contributed by atoms with Crippen LogP contribution in [0.3, 0.4) is 0 Å². The van der Waals surface area contributed by atoms with Gasteiger partial charge in [-0.2, -0.15) is 0 Å². The predicted octanol–water partition coefficient (Wildman–Crippen LogP) is 1.78. The van der Waals surface area contributed by atoms with Crippen LogP contribution in [0.2, 0.25) is 0 Å². The lowest BCUT2D eigenvalue weighted by atomic mass is 10.1. The van der Waals surface area contributed by atoms with Crippen molar-refractivity contribution < 1.29 is 4.79 Å². The van der Waals surface area contributed by atoms with Crippen molar-refractivity contribution in [2.24, 2.45) is 5.73 Å². The SMILES string of the molecule is CC(N)CCCC(=O)NC(C)c1ccccn1. The molecule has 0 aliphatic carbocycles. The summed E-state index contributed by atoms with van der Waals surface area (Å²) in [6, 6.07) is 5.81. The summed E-state index contributed by atoms with van der Waals surface area (Å²) in [4.78, 5) is 15.8. The minimum absolute atomic E-state index is 0.0426. The largest absolute Gasteiger partial charge is 0.348 e. The average Bonchev–Trinajstić information content (AvgIpc) is 2.29. The van der Waals surface area contributed by atoms with Crippen LogP contribution < -0.4 is 11.1 Å². The van der Waals surface area contributed by atoms with Crippen molar-refractivity contribution in [3.8, 4) is 0 Å². The molecule has 0 aliphatic heterocycles. The highest BCUT2D eigenvalue weighted by atomic mass is 16.1. The molecule has 4 nitrogen and oxygen atoms in total. The van der Waals surface area contributed by atoms with E-state index >= 15 is 0 Å². The van der Waals surface area contributed by atoms with Gasteiger partial charge in [-0.3, -0.25) is 9.78 Å². The lowest BCUT2D eigenvalue weighted by Crippen LogP contribution is -2.27. The normalized spacial score (nSPS) is 14.1. The van der Waals surface area contributed by atoms with Crippen LogP contribution in [0.4, 0.5) is 0 Å². The smallest absolute Gasteiger partial charge is 0.220 e. The molecule has 94 valence electrons. The van der Waals surface area contributed by atoms with Gasteiger partial charge in [0.25, 0.3) is 0 Å². The van der Waals surface area contributed by atoms with Crippen LogP contribution in [0.1, 0.15) is 44.8 Å². The molecule has 0 aliphatic rings. The number of carbonyl (C=O) groups is 1. The third-order valence-corrected chi connectivity index (χ3v) is 2.57. The Balaban J connectivity index is 2.31. The number of nitrogens with two attached hydrogens (primary N) is 1. The number of pyridine rings is 1. The van der Waals surface area contributed by atoms with Crippen molar-refractivity contribution in [2.75, 3.05) is 0 Å². The zero-order chi connectivity index (χ0) is 12.7. The van der Waals surface area contributed by atoms with E-state index < -0.39 is 0 Å². The average molecular weight is 235 g/mol. The molecule has 0 fully saturated rings. The lowest BCUT2D eigenvalue weighted by molar-refractivity contribution is -0.121. The van der Waals surface area contributed by atoms with Gasteiger partial charge in [-0.05, 0) is 38.8 Å². The quantitative estimate of drug-likeness (QED) is 0.789. The minimum atomic E-state index is -0.0426. The molecule has 0 radical (unpaired) electrons. The Morgan fingerprint density at radius 2 is 2.24 bits per heavy atom. The van der Waals surface area contributed by atoms with E-state index in [1.165, 1.54) is 0 Å². The molecule has 2 unspecified atom stereocenters. The summed E-state index contributed by atoms with van der Waals surface area (Å²) in [6.45, 7) is 3.89. The monoisotopic (exact) mass is 235 g/mol. The molecular formula is C13H21N3O. The number of nitrogens with one attached hydrogen (secondary N) is 1. The van der Waals surface area contributed by atoms with Gasteiger partial charge in [0.2, 0.25) is 5.91 Å². The lowest BCUT2D eigenvalue weighted by Gasteiger charge is -2.13. The Morgan fingerprint density at radius 1 is 1.47 bits per heavy atom. The summed E-state index contributed by atoms with van der Waals surface area (Å²) >= 11 is 0. The van der Waals surface area contributed by atoms with Crippen molar-refractivity contribution in [2.45, 2.75) is 45.2 Å². The number of hydrogen-bond donors (Lipinski definition) is 2. The van der Waals surface area contributed by atoms with Crippen LogP contribution in [0.5, 0.6) is 0 Å². The van der Waals surface area contributed by atoms with Gasteiger partial charge in [-0.1, -0.05) is 6.07 Å². The molecule has 1 aromatic heterocycles. The second kappa shape index (κ2) is 7.01. The molecule has 0 spiro atoms. The van der Waals surface area contributed by atoms with Crippen molar-refractivity contribution >= 4 is 5.91 Å². The minimum Gasteiger partial charge on any atom is -0.348 e. The maximum absolute atomic E-state index is 11.6. The first-order valence-corrected chi connectivity index (χ1v) is 6.05. The van der Waals surface area contributed by atoms with E-state index in [1.54, 1.807) is 6.20 Å². The van der Waals surface area contributed by atoms with E-state index in [2.05, 4.69) is 10.3 Å². The fraction of sp³-hybridized carbons (Fsp3) is 0.538. The summed E-state index contributed by atoms with van der Waals surface area (Å²) in [5.74, 6) is 0.0591. The molecule has 17 heavy (non-hydrogen) atoms. The van der Waals surface area contributed by atoms with Gasteiger partial charge >= 0.3 is 0 Å². The Morgan fingerprint density at radius 3 is 2.82 bits per heavy atom. The van der Waals surface area contributed by atoms with Gasteiger partial charge in [0, 0.05) is 18.7 Å². The van der Waals surface area contributed by atoms with Crippen LogP contribution in [0.15, 0.2) is 24.4 Å². The Bertz CT molecular complexity index is 338. The van der Waals surface area contributed by atoms with Gasteiger partial charge in [-0.15, -0.1) is 0 Å². The topological polar surface area (TPSA) is 68.0 Å². The Labute approximate surface area is 103 Å². The molecule has 0 aromatic carbocycles. The zero-order valence-electron chi connectivity index (χ0n) is 10.5. The Hall–Kier alpha value is -1.42. The van der Waals surface area contributed by atoms with Crippen LogP contribution in [0.25, 0.3) is 0 Å². The van der Waals surface area contributed by atoms with Gasteiger partial charge in [-0.25, -0.2) is 0 Å². The van der Waals surface area contributed by atoms with Crippen LogP contribution in [-0.4, -0.2) is 16.9 Å². The third-order valence-electron chi connectivity index (χ3n) is 2.57. The molecule has 1 rings (SSSR count). The zero-order valence-corrected chi connectivity index (χ0v) is 10.5. The molecule has 1 heterocycles. The highest BCUT2D eigenvalue weighted by molar-refractivity contribution is 5.76. The maximum atomic E-state index is 11.6. The van der Waals surface area contributed by atoms with Gasteiger partial charge in [0.1, 0.15) is 0 Å². The fourth-order valence-corrected chi connectivity index (χ4v) is 1.60. The highest BCUT2D eigenvalue weighted by Crippen LogP contribution is 2.08. The van der Waals surface area contributed by atoms with Crippen LogP contribution in [-0.2, 0) is 4.79 Å². The molecule has 2 atom stereocenters. The highest BCUT2D eigenvalue weighted by Gasteiger charge is 2.09. The van der Waals surface area contributed by atoms with Crippen molar-refractivity contribution in [1.82, 2.24) is 10.3 Å². The molecule has 0 saturated heterocycles. The van der Waals surface area contributed by atoms with Crippen molar-refractivity contribution in [1.29, 1.82) is 0 Å². The molecular weight excluding hydrogens is 214 g/mol. The first kappa shape index (κ1) is 13.6. The molecule has 0 bridgehead atoms. The summed E-state index contributed by atoms with van der Waals surface area (Å²) in [7, 11) is 0. The second-order valence-electron chi connectivity index (χ2n) is 4.41. The summed E-state index contributed by atoms with van der Waals surface area (Å²) in [6.07, 6.45) is 3.97. The summed E-state index contributed by atoms with van der Waals surface area (Å²) < 4.78 is 0. The first-order chi connectivity index (χ1) is 8.09. The molecule has 0 saturated carbocycles. The van der Waals surface area contributed by atoms with E-state index in [1.807, 2.05) is 32.0 Å². The van der Waals surface area contributed by atoms with E-state index in [-0.39, 0.29) is 18.0 Å². The van der Waals surface area contributed by atoms with Crippen molar-refractivity contribution in [3.05, 3.63) is 30.1 Å². The first-order valence-electron chi connectivity index (χ1n) is 6.05. The van der Waals surface area contributed by atoms with Gasteiger partial charge < -0.3 is 11.1 Å². The number of rotatable bonds is 6. The maximum Gasteiger partial charge on any atom is 0.220 e. The molecule has 4 heteroatoms. The third kappa shape index (κ3) is 5.45. The van der Waals surface area contributed by atoms with Crippen LogP contribution in [0, 0.1) is 0 Å². The molecule has 1 aromatic rings. The van der Waals surface area contributed by atoms with Gasteiger partial charge in [0.05, 0.1) is 11.7 Å². The van der Waals surface area contributed by atoms with Crippen LogP contribution >= 0.6 is 0 Å². The second-order valence-corrected chi connectivity index (χ2v) is 4.41. The summed E-state index contributed by atoms with van der Waals surface area (Å²) in [5.41, 5.74) is 6.51. The van der Waals surface area contributed by atoms with Crippen molar-refractivity contribution in [3.63, 3.8) is 0 Å². The number of aromatic nitrogens is 1. The standard InChI is InChI=1S/C13H21N3O/c1-10(14)6-5-8-13(17)16-11(2)12-7-3-4-9-15-12/h3-4,7,9-11H,5-6,8,14H2,1-2H3,(H,16,17). The fourth-order valence-electron chi connectivity index (χ4n) is 1.60. The number of nitrogens with zero attached hydrogens (tertiary/aromatic N) is 1. The number of hydrogen-bond acceptors (Lipinski definition) is 3. The number of carbonyl (C=O) groups excluding carboxylic acids is 1. The predicted molar refractivity (Wildman–Crippen MR) is 68.3 cm³/mol. The van der Waals surface area contributed by atoms with E-state index in [4.69, 9.17) is 5.73 Å². The van der Waals surface area contributed by atoms with E-state index in [0.717, 1.165) is 18.5 Å². The van der Waals surface area contributed by atoms with E-state index in [0.29, 0.717) is 6.42 Å². The molecule has 1 amide bonds. The van der Waals surface area contributed by atoms with E-state index in [9.17, 15) is 4.79 Å². The number of amides is 1. The molecule has 3 N–H and O–H groups in total.